The fraction of sp³-hybridized carbons (Fsp3) is 0.333. The third-order valence-corrected chi connectivity index (χ3v) is 2.27. The Labute approximate surface area is 105 Å². The number of hydrogen-bond donors (Lipinski definition) is 1. The molecule has 0 spiro atoms. The maximum absolute atomic E-state index is 11.3. The first-order valence-electron chi connectivity index (χ1n) is 5.26. The predicted octanol–water partition coefficient (Wildman–Crippen LogP) is 3.13. The number of amides is 1. The first kappa shape index (κ1) is 13.3. The molecule has 0 unspecified atom stereocenters. The van der Waals surface area contributed by atoms with Gasteiger partial charge >= 0.3 is 6.09 Å². The Morgan fingerprint density at radius 1 is 1.47 bits per heavy atom. The molecule has 1 aromatic carbocycles. The Morgan fingerprint density at radius 3 is 3.00 bits per heavy atom. The van der Waals surface area contributed by atoms with Crippen LogP contribution in [0, 0.1) is 11.3 Å². The van der Waals surface area contributed by atoms with Gasteiger partial charge in [-0.1, -0.05) is 6.07 Å². The minimum atomic E-state index is -0.519. The van der Waals surface area contributed by atoms with E-state index in [1.807, 2.05) is 6.07 Å². The van der Waals surface area contributed by atoms with Gasteiger partial charge in [-0.05, 0) is 31.0 Å². The second-order valence-corrected chi connectivity index (χ2v) is 3.73. The van der Waals surface area contributed by atoms with Gasteiger partial charge in [0.05, 0.1) is 18.2 Å². The molecule has 0 radical (unpaired) electrons. The highest BCUT2D eigenvalue weighted by atomic mass is 35.5. The lowest BCUT2D eigenvalue weighted by Crippen LogP contribution is -2.14. The number of carbonyl (C=O) groups is 1. The highest BCUT2D eigenvalue weighted by molar-refractivity contribution is 6.17. The number of ether oxygens (including phenoxy) is 1. The molecule has 0 atom stereocenters. The minimum absolute atomic E-state index is 0.344. The first-order valence-corrected chi connectivity index (χ1v) is 5.79. The summed E-state index contributed by atoms with van der Waals surface area (Å²) in [6, 6.07) is 8.63. The quantitative estimate of drug-likeness (QED) is 0.647. The van der Waals surface area contributed by atoms with Gasteiger partial charge in [0.2, 0.25) is 0 Å². The van der Waals surface area contributed by atoms with E-state index in [4.69, 9.17) is 21.6 Å². The van der Waals surface area contributed by atoms with Crippen molar-refractivity contribution in [3.8, 4) is 6.07 Å². The van der Waals surface area contributed by atoms with Gasteiger partial charge < -0.3 is 4.74 Å². The van der Waals surface area contributed by atoms with Gasteiger partial charge in [0.25, 0.3) is 0 Å². The molecule has 5 heteroatoms. The van der Waals surface area contributed by atoms with Crippen LogP contribution in [0.5, 0.6) is 0 Å². The second-order valence-electron chi connectivity index (χ2n) is 3.35. The topological polar surface area (TPSA) is 62.1 Å². The number of benzene rings is 1. The summed E-state index contributed by atoms with van der Waals surface area (Å²) in [4.78, 5) is 11.3. The molecule has 1 aromatic rings. The standard InChI is InChI=1S/C12H13ClN2O2/c13-6-1-2-7-17-12(16)15-11-5-3-4-10(8-11)9-14/h3-5,8H,1-2,6-7H2,(H,15,16). The van der Waals surface area contributed by atoms with E-state index in [0.717, 1.165) is 12.8 Å². The monoisotopic (exact) mass is 252 g/mol. The van der Waals surface area contributed by atoms with Crippen LogP contribution in [-0.4, -0.2) is 18.6 Å². The average molecular weight is 253 g/mol. The van der Waals surface area contributed by atoms with Crippen molar-refractivity contribution in [3.05, 3.63) is 29.8 Å². The maximum Gasteiger partial charge on any atom is 0.411 e. The maximum atomic E-state index is 11.3. The molecule has 90 valence electrons. The number of alkyl halides is 1. The van der Waals surface area contributed by atoms with Crippen LogP contribution in [0.3, 0.4) is 0 Å². The minimum Gasteiger partial charge on any atom is -0.449 e. The number of nitrogens with one attached hydrogen (secondary N) is 1. The number of halogens is 1. The van der Waals surface area contributed by atoms with Crippen molar-refractivity contribution in [2.75, 3.05) is 17.8 Å². The predicted molar refractivity (Wildman–Crippen MR) is 66.1 cm³/mol. The molecular weight excluding hydrogens is 240 g/mol. The smallest absolute Gasteiger partial charge is 0.411 e. The number of unbranched alkanes of at least 4 members (excludes halogenated alkanes) is 1. The molecule has 1 N–H and O–H groups in total. The number of nitriles is 1. The zero-order chi connectivity index (χ0) is 12.5. The molecular formula is C12H13ClN2O2. The lowest BCUT2D eigenvalue weighted by molar-refractivity contribution is 0.160. The summed E-state index contributed by atoms with van der Waals surface area (Å²) in [6.07, 6.45) is 1.04. The molecule has 17 heavy (non-hydrogen) atoms. The van der Waals surface area contributed by atoms with Crippen LogP contribution < -0.4 is 5.32 Å². The van der Waals surface area contributed by atoms with Crippen LogP contribution in [0.25, 0.3) is 0 Å². The summed E-state index contributed by atoms with van der Waals surface area (Å²) in [6.45, 7) is 0.344. The van der Waals surface area contributed by atoms with Crippen molar-refractivity contribution in [2.24, 2.45) is 0 Å². The van der Waals surface area contributed by atoms with E-state index in [-0.39, 0.29) is 0 Å². The SMILES string of the molecule is N#Cc1cccc(NC(=O)OCCCCCl)c1. The Balaban J connectivity index is 2.37. The molecule has 1 rings (SSSR count). The van der Waals surface area contributed by atoms with Gasteiger partial charge in [-0.3, -0.25) is 5.32 Å². The molecule has 4 nitrogen and oxygen atoms in total. The number of carbonyl (C=O) groups excluding carboxylic acids is 1. The van der Waals surface area contributed by atoms with Crippen LogP contribution in [0.1, 0.15) is 18.4 Å². The van der Waals surface area contributed by atoms with E-state index in [1.165, 1.54) is 0 Å². The Morgan fingerprint density at radius 2 is 2.29 bits per heavy atom. The fourth-order valence-electron chi connectivity index (χ4n) is 1.18. The summed E-state index contributed by atoms with van der Waals surface area (Å²) in [5.74, 6) is 0.565. The molecule has 0 saturated heterocycles. The molecule has 0 heterocycles. The second kappa shape index (κ2) is 7.53. The van der Waals surface area contributed by atoms with Gasteiger partial charge in [0, 0.05) is 11.6 Å². The summed E-state index contributed by atoms with van der Waals surface area (Å²) >= 11 is 5.49. The van der Waals surface area contributed by atoms with Crippen molar-refractivity contribution in [3.63, 3.8) is 0 Å². The van der Waals surface area contributed by atoms with Crippen molar-refractivity contribution < 1.29 is 9.53 Å². The van der Waals surface area contributed by atoms with E-state index in [0.29, 0.717) is 23.7 Å². The third kappa shape index (κ3) is 5.23. The largest absolute Gasteiger partial charge is 0.449 e. The van der Waals surface area contributed by atoms with Gasteiger partial charge in [0.15, 0.2) is 0 Å². The highest BCUT2D eigenvalue weighted by Gasteiger charge is 2.03. The number of rotatable bonds is 5. The van der Waals surface area contributed by atoms with Crippen LogP contribution in [0.15, 0.2) is 24.3 Å². The number of nitrogens with zero attached hydrogens (tertiary/aromatic N) is 1. The summed E-state index contributed by atoms with van der Waals surface area (Å²) in [7, 11) is 0. The third-order valence-electron chi connectivity index (χ3n) is 2.00. The molecule has 0 aliphatic rings. The Kier molecular flexibility index (Phi) is 5.91. The van der Waals surface area contributed by atoms with Gasteiger partial charge in [-0.2, -0.15) is 5.26 Å². The molecule has 0 aliphatic carbocycles. The van der Waals surface area contributed by atoms with Gasteiger partial charge in [-0.15, -0.1) is 11.6 Å². The molecule has 1 amide bonds. The van der Waals surface area contributed by atoms with Crippen LogP contribution in [-0.2, 0) is 4.74 Å². The molecule has 0 bridgehead atoms. The van der Waals surface area contributed by atoms with E-state index in [1.54, 1.807) is 24.3 Å². The summed E-state index contributed by atoms with van der Waals surface area (Å²) in [5.41, 5.74) is 1.04. The summed E-state index contributed by atoms with van der Waals surface area (Å²) in [5, 5.41) is 11.2. The van der Waals surface area contributed by atoms with Crippen LogP contribution in [0.2, 0.25) is 0 Å². The van der Waals surface area contributed by atoms with Crippen LogP contribution >= 0.6 is 11.6 Å². The Hall–Kier alpha value is -1.73. The van der Waals surface area contributed by atoms with E-state index < -0.39 is 6.09 Å². The van der Waals surface area contributed by atoms with E-state index >= 15 is 0 Å². The zero-order valence-corrected chi connectivity index (χ0v) is 10.0. The molecule has 0 fully saturated rings. The zero-order valence-electron chi connectivity index (χ0n) is 9.28. The molecule has 0 saturated carbocycles. The van der Waals surface area contributed by atoms with Crippen molar-refractivity contribution in [1.29, 1.82) is 5.26 Å². The van der Waals surface area contributed by atoms with Crippen molar-refractivity contribution in [2.45, 2.75) is 12.8 Å². The van der Waals surface area contributed by atoms with Gasteiger partial charge in [0.1, 0.15) is 0 Å². The number of hydrogen-bond acceptors (Lipinski definition) is 3. The van der Waals surface area contributed by atoms with Crippen LogP contribution in [0.4, 0.5) is 10.5 Å². The fourth-order valence-corrected chi connectivity index (χ4v) is 1.37. The lowest BCUT2D eigenvalue weighted by atomic mass is 10.2. The highest BCUT2D eigenvalue weighted by Crippen LogP contribution is 2.10. The van der Waals surface area contributed by atoms with Crippen molar-refractivity contribution >= 4 is 23.4 Å². The average Bonchev–Trinajstić information content (AvgIpc) is 2.35. The number of anilines is 1. The lowest BCUT2D eigenvalue weighted by Gasteiger charge is -2.06. The van der Waals surface area contributed by atoms with E-state index in [9.17, 15) is 4.79 Å². The van der Waals surface area contributed by atoms with E-state index in [2.05, 4.69) is 5.32 Å². The van der Waals surface area contributed by atoms with Crippen molar-refractivity contribution in [1.82, 2.24) is 0 Å². The first-order chi connectivity index (χ1) is 8.26. The normalized spacial score (nSPS) is 9.41. The summed E-state index contributed by atoms with van der Waals surface area (Å²) < 4.78 is 4.93. The molecule has 0 aliphatic heterocycles. The Bertz CT molecular complexity index is 415. The van der Waals surface area contributed by atoms with Gasteiger partial charge in [-0.25, -0.2) is 4.79 Å². The molecule has 0 aromatic heterocycles.